The molecule has 0 aromatic heterocycles. The summed E-state index contributed by atoms with van der Waals surface area (Å²) in [4.78, 5) is 22.6. The molecule has 1 rings (SSSR count). The number of ether oxygens (including phenoxy) is 1. The molecule has 0 aliphatic rings. The van der Waals surface area contributed by atoms with E-state index in [1.165, 1.54) is 6.07 Å². The van der Waals surface area contributed by atoms with Gasteiger partial charge < -0.3 is 4.74 Å². The number of ketones is 1. The van der Waals surface area contributed by atoms with Gasteiger partial charge in [-0.15, -0.1) is 0 Å². The average Bonchev–Trinajstić information content (AvgIpc) is 2.35. The van der Waals surface area contributed by atoms with Crippen LogP contribution in [0.4, 0.5) is 4.39 Å². The highest BCUT2D eigenvalue weighted by Crippen LogP contribution is 2.14. The van der Waals surface area contributed by atoms with Crippen molar-refractivity contribution in [1.29, 1.82) is 0 Å². The minimum absolute atomic E-state index is 0.239. The molecule has 0 aliphatic carbocycles. The summed E-state index contributed by atoms with van der Waals surface area (Å²) in [6.45, 7) is 1.86. The van der Waals surface area contributed by atoms with Crippen molar-refractivity contribution in [3.8, 4) is 0 Å². The Hall–Kier alpha value is -1.71. The first-order valence-electron chi connectivity index (χ1n) is 4.95. The van der Waals surface area contributed by atoms with Crippen LogP contribution in [-0.4, -0.2) is 25.0 Å². The van der Waals surface area contributed by atoms with Crippen molar-refractivity contribution in [2.75, 3.05) is 7.11 Å². The number of carbonyl (C=O) groups is 2. The van der Waals surface area contributed by atoms with E-state index in [1.807, 2.05) is 6.92 Å². The lowest BCUT2D eigenvalue weighted by Crippen LogP contribution is -2.27. The molecule has 1 atom stereocenters. The zero-order chi connectivity index (χ0) is 12.1. The standard InChI is InChI=1S/C12H13FO3/c1-3-8-6-4-5-7-9(8)11(14)10(13)12(15)16-2/h4-7,10H,3H2,1-2H3. The number of alkyl halides is 1. The predicted octanol–water partition coefficient (Wildman–Crippen LogP) is 1.94. The van der Waals surface area contributed by atoms with Gasteiger partial charge in [-0.1, -0.05) is 31.2 Å². The van der Waals surface area contributed by atoms with Crippen molar-refractivity contribution in [2.45, 2.75) is 19.5 Å². The van der Waals surface area contributed by atoms with E-state index in [0.717, 1.165) is 12.7 Å². The third-order valence-corrected chi connectivity index (χ3v) is 2.30. The van der Waals surface area contributed by atoms with Gasteiger partial charge in [-0.3, -0.25) is 4.79 Å². The van der Waals surface area contributed by atoms with Crippen LogP contribution in [-0.2, 0) is 16.0 Å². The molecular formula is C12H13FO3. The molecule has 16 heavy (non-hydrogen) atoms. The van der Waals surface area contributed by atoms with Gasteiger partial charge in [0.2, 0.25) is 5.78 Å². The molecule has 3 nitrogen and oxygen atoms in total. The number of aryl methyl sites for hydroxylation is 1. The molecule has 1 aromatic carbocycles. The summed E-state index contributed by atoms with van der Waals surface area (Å²) in [5.41, 5.74) is 0.960. The number of methoxy groups -OCH3 is 1. The smallest absolute Gasteiger partial charge is 0.348 e. The molecule has 0 bridgehead atoms. The van der Waals surface area contributed by atoms with Crippen LogP contribution in [0.5, 0.6) is 0 Å². The molecule has 0 saturated heterocycles. The van der Waals surface area contributed by atoms with Crippen molar-refractivity contribution >= 4 is 11.8 Å². The molecule has 0 aliphatic heterocycles. The Balaban J connectivity index is 3.00. The van der Waals surface area contributed by atoms with Crippen molar-refractivity contribution in [2.24, 2.45) is 0 Å². The summed E-state index contributed by atoms with van der Waals surface area (Å²) < 4.78 is 17.6. The summed E-state index contributed by atoms with van der Waals surface area (Å²) in [7, 11) is 1.05. The summed E-state index contributed by atoms with van der Waals surface area (Å²) in [6.07, 6.45) is -1.63. The van der Waals surface area contributed by atoms with Crippen LogP contribution in [0.25, 0.3) is 0 Å². The first-order valence-corrected chi connectivity index (χ1v) is 4.95. The van der Waals surface area contributed by atoms with Crippen LogP contribution in [0.15, 0.2) is 24.3 Å². The van der Waals surface area contributed by atoms with E-state index in [2.05, 4.69) is 4.74 Å². The van der Waals surface area contributed by atoms with Crippen LogP contribution >= 0.6 is 0 Å². The lowest BCUT2D eigenvalue weighted by Gasteiger charge is -2.08. The van der Waals surface area contributed by atoms with E-state index < -0.39 is 17.9 Å². The number of hydrogen-bond acceptors (Lipinski definition) is 3. The number of carbonyl (C=O) groups excluding carboxylic acids is 2. The molecule has 0 saturated carbocycles. The van der Waals surface area contributed by atoms with Crippen LogP contribution in [0.2, 0.25) is 0 Å². The van der Waals surface area contributed by atoms with Crippen molar-refractivity contribution in [1.82, 2.24) is 0 Å². The van der Waals surface area contributed by atoms with E-state index in [0.29, 0.717) is 6.42 Å². The molecule has 0 radical (unpaired) electrons. The molecule has 86 valence electrons. The number of benzene rings is 1. The second-order valence-corrected chi connectivity index (χ2v) is 3.26. The fourth-order valence-electron chi connectivity index (χ4n) is 1.42. The summed E-state index contributed by atoms with van der Waals surface area (Å²) in [6, 6.07) is 6.64. The number of hydrogen-bond donors (Lipinski definition) is 0. The maximum Gasteiger partial charge on any atom is 0.348 e. The zero-order valence-electron chi connectivity index (χ0n) is 9.20. The highest BCUT2D eigenvalue weighted by Gasteiger charge is 2.28. The van der Waals surface area contributed by atoms with Gasteiger partial charge >= 0.3 is 5.97 Å². The third-order valence-electron chi connectivity index (χ3n) is 2.30. The largest absolute Gasteiger partial charge is 0.467 e. The number of halogens is 1. The Morgan fingerprint density at radius 3 is 2.56 bits per heavy atom. The van der Waals surface area contributed by atoms with Crippen LogP contribution in [0.3, 0.4) is 0 Å². The van der Waals surface area contributed by atoms with E-state index in [4.69, 9.17) is 0 Å². The highest BCUT2D eigenvalue weighted by atomic mass is 19.1. The molecule has 1 aromatic rings. The van der Waals surface area contributed by atoms with Gasteiger partial charge in [-0.25, -0.2) is 9.18 Å². The summed E-state index contributed by atoms with van der Waals surface area (Å²) >= 11 is 0. The second kappa shape index (κ2) is 5.39. The summed E-state index contributed by atoms with van der Waals surface area (Å²) in [5, 5.41) is 0. The van der Waals surface area contributed by atoms with Crippen molar-refractivity contribution in [3.63, 3.8) is 0 Å². The van der Waals surface area contributed by atoms with Crippen molar-refractivity contribution < 1.29 is 18.7 Å². The molecule has 0 fully saturated rings. The van der Waals surface area contributed by atoms with E-state index in [1.54, 1.807) is 18.2 Å². The van der Waals surface area contributed by atoms with Gasteiger partial charge in [0.25, 0.3) is 6.17 Å². The third kappa shape index (κ3) is 2.45. The molecule has 0 spiro atoms. The minimum atomic E-state index is -2.24. The quantitative estimate of drug-likeness (QED) is 0.446. The molecule has 1 unspecified atom stereocenters. The van der Waals surface area contributed by atoms with Crippen molar-refractivity contribution in [3.05, 3.63) is 35.4 Å². The fourth-order valence-corrected chi connectivity index (χ4v) is 1.42. The van der Waals surface area contributed by atoms with Gasteiger partial charge in [-0.2, -0.15) is 0 Å². The second-order valence-electron chi connectivity index (χ2n) is 3.26. The predicted molar refractivity (Wildman–Crippen MR) is 57.1 cm³/mol. The fraction of sp³-hybridized carbons (Fsp3) is 0.333. The zero-order valence-corrected chi connectivity index (χ0v) is 9.20. The van der Waals surface area contributed by atoms with E-state index >= 15 is 0 Å². The van der Waals surface area contributed by atoms with Gasteiger partial charge in [-0.05, 0) is 12.0 Å². The normalized spacial score (nSPS) is 11.9. The lowest BCUT2D eigenvalue weighted by atomic mass is 9.99. The Bertz CT molecular complexity index is 401. The summed E-state index contributed by atoms with van der Waals surface area (Å²) in [5.74, 6) is -2.00. The van der Waals surface area contributed by atoms with Crippen LogP contribution in [0, 0.1) is 0 Å². The maximum absolute atomic E-state index is 13.4. The minimum Gasteiger partial charge on any atom is -0.467 e. The molecule has 4 heteroatoms. The molecule has 0 amide bonds. The van der Waals surface area contributed by atoms with Crippen LogP contribution < -0.4 is 0 Å². The number of Topliss-reactive ketones (excluding diaryl/α,β-unsaturated/α-hetero) is 1. The molecule has 0 N–H and O–H groups in total. The van der Waals surface area contributed by atoms with E-state index in [-0.39, 0.29) is 5.56 Å². The maximum atomic E-state index is 13.4. The Labute approximate surface area is 93.2 Å². The molecular weight excluding hydrogens is 211 g/mol. The Morgan fingerprint density at radius 2 is 2.00 bits per heavy atom. The topological polar surface area (TPSA) is 43.4 Å². The highest BCUT2D eigenvalue weighted by molar-refractivity contribution is 6.11. The van der Waals surface area contributed by atoms with Gasteiger partial charge in [0.1, 0.15) is 0 Å². The Morgan fingerprint density at radius 1 is 1.38 bits per heavy atom. The molecule has 0 heterocycles. The van der Waals surface area contributed by atoms with Gasteiger partial charge in [0.15, 0.2) is 0 Å². The van der Waals surface area contributed by atoms with Crippen LogP contribution in [0.1, 0.15) is 22.8 Å². The Kier molecular flexibility index (Phi) is 4.17. The lowest BCUT2D eigenvalue weighted by molar-refractivity contribution is -0.144. The first kappa shape index (κ1) is 12.4. The number of esters is 1. The first-order chi connectivity index (χ1) is 7.61. The van der Waals surface area contributed by atoms with Gasteiger partial charge in [0, 0.05) is 5.56 Å². The van der Waals surface area contributed by atoms with Gasteiger partial charge in [0.05, 0.1) is 7.11 Å². The number of rotatable bonds is 4. The average molecular weight is 224 g/mol. The van der Waals surface area contributed by atoms with E-state index in [9.17, 15) is 14.0 Å². The monoisotopic (exact) mass is 224 g/mol. The SMILES string of the molecule is CCc1ccccc1C(=O)C(F)C(=O)OC.